The average molecular weight is 1750 g/mol. The van der Waals surface area contributed by atoms with Gasteiger partial charge in [0.05, 0.1) is 105 Å². The molecule has 0 spiro atoms. The highest BCUT2D eigenvalue weighted by molar-refractivity contribution is 9.10. The van der Waals surface area contributed by atoms with Crippen molar-refractivity contribution in [3.63, 3.8) is 0 Å². The first-order chi connectivity index (χ1) is 55.5. The zero-order valence-electron chi connectivity index (χ0n) is 69.8. The Bertz CT molecular complexity index is 4660. The molecule has 1 N–H and O–H groups in total. The number of likely N-dealkylation sites (tertiary alicyclic amines) is 2. The number of fused-ring (bicyclic) bond motifs is 4. The van der Waals surface area contributed by atoms with Gasteiger partial charge in [-0.1, -0.05) is 107 Å². The third kappa shape index (κ3) is 21.2. The molecule has 0 bridgehead atoms. The number of ether oxygens (including phenoxy) is 9. The lowest BCUT2D eigenvalue weighted by Crippen LogP contribution is -2.48. The maximum absolute atomic E-state index is 14.7. The Morgan fingerprint density at radius 3 is 1.50 bits per heavy atom. The number of methoxy groups -OCH3 is 6. The van der Waals surface area contributed by atoms with E-state index in [9.17, 15) is 51.6 Å². The van der Waals surface area contributed by atoms with Gasteiger partial charge in [0.25, 0.3) is 10.1 Å². The van der Waals surface area contributed by atoms with Gasteiger partial charge in [-0.2, -0.15) is 8.42 Å². The summed E-state index contributed by atoms with van der Waals surface area (Å²) in [5.41, 5.74) is -0.392. The van der Waals surface area contributed by atoms with Gasteiger partial charge < -0.3 is 57.4 Å². The maximum atomic E-state index is 14.7. The standard InChI is InChI=1S/C41H55ClN2O9.C33H44BrNO9S.C14H16ClNO3/c1-8-25-20-41(25,39(48)51-7)21-32(45)31-18-28(52-34-17-26(10-9-13-49-5)43-37-29(34)11-12-33(50-6)36(37)42)22-44(31)38(47)30(40(2,3)4)19-35(46)53-27-15-23-14-24(23)16-27;1-6-21-16-33(21,31(39)42-5)17-28(36)27-14-24(44-45(40,41)25-9-7-22(34)8-10-25)18-35(27)30(38)26(32(2,3)4)15-29(37)43-23-12-19-11-20(19)13-23;1-18-7-3-4-9-8-11(17)10-5-6-12(19-2)13(15)14(10)16-9/h11-12,17,23-25,27-28,30-31H,8-10,13-16,18-22H2,1-7H3;7-10,19-21,23-24,26-27H,6,11-18H2,1-5H3;5-6,8H,3-4,7H2,1-2H3,(H,16,17)/t23-,24+,25-,27?,28-,30-,31+,41-;19-,20+,21-,23?,24+,26-,27+,33-;/m11./s1. The minimum atomic E-state index is -4.21. The molecule has 6 saturated carbocycles. The second-order valence-corrected chi connectivity index (χ2v) is 38.7. The number of hydrogen-bond acceptors (Lipinski definition) is 22. The minimum Gasteiger partial charge on any atom is -0.495 e. The lowest BCUT2D eigenvalue weighted by molar-refractivity contribution is -0.157. The number of nitrogens with zero attached hydrogens (tertiary/aromatic N) is 3. The van der Waals surface area contributed by atoms with Crippen LogP contribution in [0.1, 0.15) is 182 Å². The van der Waals surface area contributed by atoms with E-state index in [-0.39, 0.29) is 109 Å². The molecular weight excluding hydrogens is 1630 g/mol. The van der Waals surface area contributed by atoms with Crippen LogP contribution in [0, 0.1) is 69.0 Å². The number of carbonyl (C=O) groups is 8. The van der Waals surface area contributed by atoms with Crippen LogP contribution in [0.2, 0.25) is 10.0 Å². The summed E-state index contributed by atoms with van der Waals surface area (Å²) in [6.07, 6.45) is 9.37. The van der Waals surface area contributed by atoms with Gasteiger partial charge >= 0.3 is 23.9 Å². The lowest BCUT2D eigenvalue weighted by Gasteiger charge is -2.35. The Morgan fingerprint density at radius 2 is 1.04 bits per heavy atom. The van der Waals surface area contributed by atoms with Crippen LogP contribution in [0.4, 0.5) is 0 Å². The van der Waals surface area contributed by atoms with Crippen molar-refractivity contribution in [2.24, 2.45) is 69.0 Å². The lowest BCUT2D eigenvalue weighted by atomic mass is 9.77. The number of hydrogen-bond donors (Lipinski definition) is 1. The van der Waals surface area contributed by atoms with Crippen molar-refractivity contribution in [2.45, 2.75) is 225 Å². The van der Waals surface area contributed by atoms with Crippen molar-refractivity contribution in [1.29, 1.82) is 0 Å². The number of halogens is 3. The van der Waals surface area contributed by atoms with E-state index in [2.05, 4.69) is 20.9 Å². The molecule has 5 aromatic rings. The number of H-pyrrole nitrogens is 1. The molecule has 8 aliphatic rings. The summed E-state index contributed by atoms with van der Waals surface area (Å²) in [4.78, 5) is 133. The van der Waals surface area contributed by atoms with Crippen LogP contribution in [0.15, 0.2) is 74.8 Å². The molecule has 2 amide bonds. The molecule has 640 valence electrons. The van der Waals surface area contributed by atoms with Gasteiger partial charge in [-0.25, -0.2) is 0 Å². The molecule has 25 nitrogen and oxygen atoms in total. The Balaban J connectivity index is 0.000000190. The van der Waals surface area contributed by atoms with E-state index in [4.69, 9.17) is 75.0 Å². The summed E-state index contributed by atoms with van der Waals surface area (Å²) in [5.74, 6) is -0.347. The molecule has 29 heteroatoms. The molecule has 4 heterocycles. The molecule has 6 aliphatic carbocycles. The van der Waals surface area contributed by atoms with Crippen LogP contribution in [-0.2, 0) is 93.9 Å². The van der Waals surface area contributed by atoms with E-state index >= 15 is 0 Å². The molecule has 16 atom stereocenters. The Labute approximate surface area is 704 Å². The van der Waals surface area contributed by atoms with E-state index in [1.54, 1.807) is 69.7 Å². The van der Waals surface area contributed by atoms with Crippen LogP contribution in [0.3, 0.4) is 0 Å². The topological polar surface area (TPSA) is 315 Å². The number of aromatic nitrogens is 2. The van der Waals surface area contributed by atoms with E-state index in [0.29, 0.717) is 116 Å². The molecular formula is C88H115BrCl2N4O21S. The van der Waals surface area contributed by atoms with E-state index in [1.165, 1.54) is 44.1 Å². The van der Waals surface area contributed by atoms with Crippen molar-refractivity contribution in [3.8, 4) is 17.2 Å². The summed E-state index contributed by atoms with van der Waals surface area (Å²) in [6.45, 7) is 16.5. The highest BCUT2D eigenvalue weighted by atomic mass is 79.9. The number of nitrogens with one attached hydrogen (secondary N) is 1. The van der Waals surface area contributed by atoms with Gasteiger partial charge in [0.15, 0.2) is 17.0 Å². The fourth-order valence-corrected chi connectivity index (χ4v) is 20.2. The van der Waals surface area contributed by atoms with Crippen LogP contribution in [-0.4, -0.2) is 181 Å². The Morgan fingerprint density at radius 1 is 0.581 bits per heavy atom. The van der Waals surface area contributed by atoms with Crippen LogP contribution >= 0.6 is 39.1 Å². The van der Waals surface area contributed by atoms with Gasteiger partial charge in [0.2, 0.25) is 11.8 Å². The van der Waals surface area contributed by atoms with Crippen LogP contribution < -0.4 is 19.6 Å². The predicted octanol–water partition coefficient (Wildman–Crippen LogP) is 14.6. The molecule has 2 unspecified atom stereocenters. The first kappa shape index (κ1) is 90.5. The van der Waals surface area contributed by atoms with Crippen molar-refractivity contribution >= 4 is 118 Å². The molecule has 0 radical (unpaired) electrons. The second-order valence-electron chi connectivity index (χ2n) is 35.4. The van der Waals surface area contributed by atoms with E-state index < -0.39 is 91.7 Å². The number of esters is 4. The first-order valence-electron chi connectivity index (χ1n) is 41.1. The number of Topliss-reactive ketones (excluding diaryl/α,β-unsaturated/α-hetero) is 2. The van der Waals surface area contributed by atoms with Crippen molar-refractivity contribution < 1.29 is 93.6 Å². The quantitative estimate of drug-likeness (QED) is 0.0176. The molecule has 3 aromatic carbocycles. The molecule has 2 aromatic heterocycles. The fraction of sp³-hybridized carbons (Fsp3) is 0.636. The number of benzene rings is 3. The number of rotatable bonds is 33. The summed E-state index contributed by atoms with van der Waals surface area (Å²) < 4.78 is 82.2. The van der Waals surface area contributed by atoms with Crippen LogP contribution in [0.5, 0.6) is 17.2 Å². The fourth-order valence-electron chi connectivity index (χ4n) is 18.3. The summed E-state index contributed by atoms with van der Waals surface area (Å²) in [6, 6.07) is 14.6. The van der Waals surface area contributed by atoms with E-state index in [1.807, 2.05) is 67.5 Å². The monoisotopic (exact) mass is 1740 g/mol. The summed E-state index contributed by atoms with van der Waals surface area (Å²) in [5, 5.41) is 2.04. The first-order valence-corrected chi connectivity index (χ1v) is 44.0. The van der Waals surface area contributed by atoms with Crippen molar-refractivity contribution in [2.75, 3.05) is 69.0 Å². The number of aromatic amines is 1. The van der Waals surface area contributed by atoms with Gasteiger partial charge in [0.1, 0.15) is 45.6 Å². The zero-order chi connectivity index (χ0) is 85.0. The number of ketones is 2. The predicted molar refractivity (Wildman–Crippen MR) is 442 cm³/mol. The zero-order valence-corrected chi connectivity index (χ0v) is 73.7. The average Bonchev–Trinajstić information content (AvgIpc) is 1.58. The van der Waals surface area contributed by atoms with Crippen molar-refractivity contribution in [3.05, 3.63) is 96.8 Å². The van der Waals surface area contributed by atoms with Gasteiger partial charge in [0, 0.05) is 98.4 Å². The molecule has 8 fully saturated rings. The van der Waals surface area contributed by atoms with Crippen LogP contribution in [0.25, 0.3) is 21.8 Å². The smallest absolute Gasteiger partial charge is 0.312 e. The highest BCUT2D eigenvalue weighted by Crippen LogP contribution is 2.60. The number of aryl methyl sites for hydroxylation is 2. The summed E-state index contributed by atoms with van der Waals surface area (Å²) >= 11 is 16.3. The Hall–Kier alpha value is -7.27. The number of pyridine rings is 2. The minimum absolute atomic E-state index is 0.0111. The van der Waals surface area contributed by atoms with Gasteiger partial charge in [-0.15, -0.1) is 0 Å². The van der Waals surface area contributed by atoms with Crippen molar-refractivity contribution in [1.82, 2.24) is 19.8 Å². The number of amides is 2. The molecule has 117 heavy (non-hydrogen) atoms. The molecule has 2 aliphatic heterocycles. The van der Waals surface area contributed by atoms with Gasteiger partial charge in [-0.05, 0) is 172 Å². The molecule has 2 saturated heterocycles. The third-order valence-electron chi connectivity index (χ3n) is 25.4. The molecule has 13 rings (SSSR count). The SMILES string of the molecule is CC[C@@H]1C[C@]1(CC(=O)[C@@H]1C[C@@H](Oc2cc(CCCOC)nc3c(Cl)c(OC)ccc23)CN1C(=O)[C@@H](CC(=O)OC1C[C@@H]2C[C@@H]2C1)C(C)(C)C)C(=O)OC.CC[C@@H]1C[C@]1(CC(=O)[C@@H]1C[C@H](OS(=O)(=O)c2ccc(Br)cc2)CN1C(=O)[C@@H](CC(=O)OC1C[C@@H]2C[C@@H]2C1)C(C)(C)C)C(=O)OC.COCCCc1cc(=O)c2ccc(OC)c(Cl)c2[nH]1. The Kier molecular flexibility index (Phi) is 29.2. The highest BCUT2D eigenvalue weighted by Gasteiger charge is 2.64. The normalized spacial score (nSPS) is 26.4. The number of carbonyl (C=O) groups excluding carboxylic acids is 8. The van der Waals surface area contributed by atoms with E-state index in [0.717, 1.165) is 62.8 Å². The third-order valence-corrected chi connectivity index (χ3v) is 28.1. The largest absolute Gasteiger partial charge is 0.495 e. The second kappa shape index (κ2) is 37.8. The summed E-state index contributed by atoms with van der Waals surface area (Å²) in [7, 11) is 4.84. The van der Waals surface area contributed by atoms with Gasteiger partial charge in [-0.3, -0.25) is 52.3 Å². The maximum Gasteiger partial charge on any atom is 0.312 e.